The van der Waals surface area contributed by atoms with Gasteiger partial charge >= 0.3 is 0 Å². The number of ether oxygens (including phenoxy) is 1. The van der Waals surface area contributed by atoms with Crippen LogP contribution in [0.3, 0.4) is 0 Å². The summed E-state index contributed by atoms with van der Waals surface area (Å²) in [5.74, 6) is 0.983. The number of aromatic nitrogens is 3. The molecular weight excluding hydrogens is 214 g/mol. The van der Waals surface area contributed by atoms with Crippen LogP contribution in [0.1, 0.15) is 17.0 Å². The van der Waals surface area contributed by atoms with Crippen molar-refractivity contribution in [3.63, 3.8) is 0 Å². The van der Waals surface area contributed by atoms with Crippen molar-refractivity contribution < 1.29 is 4.74 Å². The van der Waals surface area contributed by atoms with Crippen molar-refractivity contribution in [1.29, 1.82) is 0 Å². The summed E-state index contributed by atoms with van der Waals surface area (Å²) in [6.07, 6.45) is 2.57. The van der Waals surface area contributed by atoms with E-state index in [1.54, 1.807) is 13.4 Å². The number of hydrogen-bond acceptors (Lipinski definition) is 3. The van der Waals surface area contributed by atoms with E-state index in [9.17, 15) is 0 Å². The van der Waals surface area contributed by atoms with E-state index in [2.05, 4.69) is 41.4 Å². The fourth-order valence-electron chi connectivity index (χ4n) is 1.77. The average Bonchev–Trinajstić information content (AvgIpc) is 2.77. The van der Waals surface area contributed by atoms with Crippen LogP contribution >= 0.6 is 0 Å². The van der Waals surface area contributed by atoms with Crippen molar-refractivity contribution in [2.24, 2.45) is 0 Å². The van der Waals surface area contributed by atoms with Gasteiger partial charge in [0.2, 0.25) is 0 Å². The standard InChI is InChI=1S/C13H17N3O/c1-11-5-3-4-6-12(11)9-13-15-14-10-16(13)7-8-17-2/h3-6,10H,7-9H2,1-2H3. The van der Waals surface area contributed by atoms with Crippen LogP contribution in [0, 0.1) is 6.92 Å². The molecule has 90 valence electrons. The molecule has 0 aliphatic rings. The predicted octanol–water partition coefficient (Wildman–Crippen LogP) is 1.82. The first-order valence-corrected chi connectivity index (χ1v) is 5.71. The molecule has 0 N–H and O–H groups in total. The molecule has 2 aromatic rings. The summed E-state index contributed by atoms with van der Waals surface area (Å²) in [6, 6.07) is 8.35. The lowest BCUT2D eigenvalue weighted by molar-refractivity contribution is 0.186. The number of benzene rings is 1. The summed E-state index contributed by atoms with van der Waals surface area (Å²) < 4.78 is 7.11. The first-order chi connectivity index (χ1) is 8.31. The lowest BCUT2D eigenvalue weighted by Crippen LogP contribution is -2.08. The van der Waals surface area contributed by atoms with Gasteiger partial charge in [-0.15, -0.1) is 10.2 Å². The lowest BCUT2D eigenvalue weighted by Gasteiger charge is -2.07. The highest BCUT2D eigenvalue weighted by Crippen LogP contribution is 2.11. The molecule has 0 saturated carbocycles. The van der Waals surface area contributed by atoms with Crippen LogP contribution < -0.4 is 0 Å². The van der Waals surface area contributed by atoms with E-state index >= 15 is 0 Å². The third-order valence-corrected chi connectivity index (χ3v) is 2.84. The van der Waals surface area contributed by atoms with Gasteiger partial charge < -0.3 is 9.30 Å². The van der Waals surface area contributed by atoms with Crippen molar-refractivity contribution in [2.75, 3.05) is 13.7 Å². The van der Waals surface area contributed by atoms with Gasteiger partial charge in [0.1, 0.15) is 12.2 Å². The van der Waals surface area contributed by atoms with Gasteiger partial charge in [0, 0.05) is 20.1 Å². The van der Waals surface area contributed by atoms with Gasteiger partial charge in [-0.3, -0.25) is 0 Å². The van der Waals surface area contributed by atoms with Crippen molar-refractivity contribution in [2.45, 2.75) is 19.9 Å². The Balaban J connectivity index is 2.13. The number of rotatable bonds is 5. The maximum absolute atomic E-state index is 5.07. The van der Waals surface area contributed by atoms with Crippen LogP contribution in [0.4, 0.5) is 0 Å². The zero-order valence-corrected chi connectivity index (χ0v) is 10.3. The van der Waals surface area contributed by atoms with E-state index in [-0.39, 0.29) is 0 Å². The van der Waals surface area contributed by atoms with Gasteiger partial charge in [-0.1, -0.05) is 24.3 Å². The zero-order valence-electron chi connectivity index (χ0n) is 10.3. The second-order valence-electron chi connectivity index (χ2n) is 4.04. The quantitative estimate of drug-likeness (QED) is 0.788. The van der Waals surface area contributed by atoms with Crippen molar-refractivity contribution in [3.05, 3.63) is 47.5 Å². The van der Waals surface area contributed by atoms with Crippen molar-refractivity contribution in [1.82, 2.24) is 14.8 Å². The van der Waals surface area contributed by atoms with Crippen molar-refractivity contribution >= 4 is 0 Å². The molecule has 0 radical (unpaired) electrons. The Bertz CT molecular complexity index is 479. The molecule has 0 bridgehead atoms. The van der Waals surface area contributed by atoms with Gasteiger partial charge in [-0.2, -0.15) is 0 Å². The second kappa shape index (κ2) is 5.59. The molecule has 2 rings (SSSR count). The fourth-order valence-corrected chi connectivity index (χ4v) is 1.77. The maximum atomic E-state index is 5.07. The summed E-state index contributed by atoms with van der Waals surface area (Å²) >= 11 is 0. The van der Waals surface area contributed by atoms with E-state index in [0.29, 0.717) is 6.61 Å². The van der Waals surface area contributed by atoms with E-state index < -0.39 is 0 Å². The summed E-state index contributed by atoms with van der Waals surface area (Å²) in [6.45, 7) is 3.59. The molecule has 1 heterocycles. The minimum absolute atomic E-state index is 0.679. The highest BCUT2D eigenvalue weighted by atomic mass is 16.5. The van der Waals surface area contributed by atoms with Crippen molar-refractivity contribution in [3.8, 4) is 0 Å². The first-order valence-electron chi connectivity index (χ1n) is 5.71. The fraction of sp³-hybridized carbons (Fsp3) is 0.385. The second-order valence-corrected chi connectivity index (χ2v) is 4.04. The Labute approximate surface area is 101 Å². The minimum Gasteiger partial charge on any atom is -0.383 e. The van der Waals surface area contributed by atoms with Crippen LogP contribution in [-0.4, -0.2) is 28.5 Å². The number of methoxy groups -OCH3 is 1. The molecule has 1 aromatic carbocycles. The molecule has 0 aliphatic carbocycles. The van der Waals surface area contributed by atoms with Crippen LogP contribution in [-0.2, 0) is 17.7 Å². The third kappa shape index (κ3) is 2.91. The molecule has 17 heavy (non-hydrogen) atoms. The number of aryl methyl sites for hydroxylation is 1. The molecule has 4 heteroatoms. The first kappa shape index (κ1) is 11.8. The molecule has 0 atom stereocenters. The monoisotopic (exact) mass is 231 g/mol. The Hall–Kier alpha value is -1.68. The molecule has 0 saturated heterocycles. The third-order valence-electron chi connectivity index (χ3n) is 2.84. The van der Waals surface area contributed by atoms with Gasteiger partial charge in [-0.05, 0) is 18.1 Å². The van der Waals surface area contributed by atoms with Gasteiger partial charge in [0.05, 0.1) is 6.61 Å². The minimum atomic E-state index is 0.679. The number of nitrogens with zero attached hydrogens (tertiary/aromatic N) is 3. The van der Waals surface area contributed by atoms with E-state index in [0.717, 1.165) is 18.8 Å². The summed E-state index contributed by atoms with van der Waals surface area (Å²) in [7, 11) is 1.70. The molecule has 0 aliphatic heterocycles. The molecule has 0 amide bonds. The van der Waals surface area contributed by atoms with Crippen LogP contribution in [0.2, 0.25) is 0 Å². The Morgan fingerprint density at radius 1 is 1.29 bits per heavy atom. The molecule has 0 spiro atoms. The van der Waals surface area contributed by atoms with Crippen LogP contribution in [0.5, 0.6) is 0 Å². The maximum Gasteiger partial charge on any atom is 0.137 e. The molecule has 4 nitrogen and oxygen atoms in total. The Morgan fingerprint density at radius 2 is 2.12 bits per heavy atom. The Kier molecular flexibility index (Phi) is 3.88. The van der Waals surface area contributed by atoms with Crippen LogP contribution in [0.25, 0.3) is 0 Å². The average molecular weight is 231 g/mol. The van der Waals surface area contributed by atoms with Crippen LogP contribution in [0.15, 0.2) is 30.6 Å². The molecule has 0 fully saturated rings. The lowest BCUT2D eigenvalue weighted by atomic mass is 10.1. The molecule has 0 unspecified atom stereocenters. The topological polar surface area (TPSA) is 39.9 Å². The summed E-state index contributed by atoms with van der Waals surface area (Å²) in [5, 5.41) is 8.12. The Morgan fingerprint density at radius 3 is 2.88 bits per heavy atom. The summed E-state index contributed by atoms with van der Waals surface area (Å²) in [4.78, 5) is 0. The zero-order chi connectivity index (χ0) is 12.1. The predicted molar refractivity (Wildman–Crippen MR) is 65.9 cm³/mol. The normalized spacial score (nSPS) is 10.7. The van der Waals surface area contributed by atoms with E-state index in [1.807, 2.05) is 4.57 Å². The highest BCUT2D eigenvalue weighted by Gasteiger charge is 2.06. The van der Waals surface area contributed by atoms with Gasteiger partial charge in [0.25, 0.3) is 0 Å². The molecular formula is C13H17N3O. The van der Waals surface area contributed by atoms with Gasteiger partial charge in [-0.25, -0.2) is 0 Å². The number of hydrogen-bond donors (Lipinski definition) is 0. The molecule has 1 aromatic heterocycles. The van der Waals surface area contributed by atoms with E-state index in [4.69, 9.17) is 4.74 Å². The SMILES string of the molecule is COCCn1cnnc1Cc1ccccc1C. The summed E-state index contributed by atoms with van der Waals surface area (Å²) in [5.41, 5.74) is 2.58. The van der Waals surface area contributed by atoms with E-state index in [1.165, 1.54) is 11.1 Å². The largest absolute Gasteiger partial charge is 0.383 e. The smallest absolute Gasteiger partial charge is 0.137 e. The van der Waals surface area contributed by atoms with Gasteiger partial charge in [0.15, 0.2) is 0 Å². The highest BCUT2D eigenvalue weighted by molar-refractivity contribution is 5.28.